The number of aryl methyl sites for hydroxylation is 2. The van der Waals surface area contributed by atoms with Crippen molar-refractivity contribution < 1.29 is 4.79 Å². The van der Waals surface area contributed by atoms with E-state index in [1.54, 1.807) is 6.07 Å². The predicted octanol–water partition coefficient (Wildman–Crippen LogP) is 5.42. The van der Waals surface area contributed by atoms with Gasteiger partial charge in [-0.05, 0) is 55.4 Å². The van der Waals surface area contributed by atoms with Crippen molar-refractivity contribution in [2.45, 2.75) is 38.6 Å². The Morgan fingerprint density at radius 3 is 2.59 bits per heavy atom. The quantitative estimate of drug-likeness (QED) is 0.783. The minimum Gasteiger partial charge on any atom is -0.345 e. The predicted molar refractivity (Wildman–Crippen MR) is 93.3 cm³/mol. The lowest BCUT2D eigenvalue weighted by Crippen LogP contribution is -2.26. The number of hydrogen-bond acceptors (Lipinski definition) is 2. The van der Waals surface area contributed by atoms with Crippen LogP contribution in [-0.4, -0.2) is 5.91 Å². The first-order valence-corrected chi connectivity index (χ1v) is 8.99. The number of hydrogen-bond donors (Lipinski definition) is 1. The molecule has 1 heterocycles. The van der Waals surface area contributed by atoms with Crippen LogP contribution in [0.25, 0.3) is 0 Å². The van der Waals surface area contributed by atoms with Crippen molar-refractivity contribution in [1.29, 1.82) is 0 Å². The molecule has 0 fully saturated rings. The fraction of sp³-hybridized carbons (Fsp3) is 0.353. The van der Waals surface area contributed by atoms with Crippen molar-refractivity contribution in [2.75, 3.05) is 0 Å². The van der Waals surface area contributed by atoms with E-state index in [-0.39, 0.29) is 11.9 Å². The second-order valence-corrected chi connectivity index (χ2v) is 7.95. The molecule has 2 aromatic rings. The van der Waals surface area contributed by atoms with E-state index in [2.05, 4.69) is 23.5 Å². The van der Waals surface area contributed by atoms with Crippen molar-refractivity contribution in [2.24, 2.45) is 0 Å². The van der Waals surface area contributed by atoms with Gasteiger partial charge in [0, 0.05) is 0 Å². The number of nitrogens with one attached hydrogen (secondary N) is 1. The van der Waals surface area contributed by atoms with Gasteiger partial charge in [0.15, 0.2) is 0 Å². The largest absolute Gasteiger partial charge is 0.345 e. The van der Waals surface area contributed by atoms with E-state index in [9.17, 15) is 4.79 Å². The van der Waals surface area contributed by atoms with Crippen LogP contribution in [0.5, 0.6) is 0 Å². The van der Waals surface area contributed by atoms with E-state index in [1.807, 2.05) is 6.92 Å². The Kier molecular flexibility index (Phi) is 4.76. The number of benzene rings is 1. The number of carbonyl (C=O) groups is 1. The maximum absolute atomic E-state index is 12.3. The molecule has 2 nitrogen and oxygen atoms in total. The molecule has 1 aliphatic carbocycles. The highest BCUT2D eigenvalue weighted by Crippen LogP contribution is 2.31. The Hall–Kier alpha value is -1.03. The lowest BCUT2D eigenvalue weighted by atomic mass is 9.89. The van der Waals surface area contributed by atoms with E-state index < -0.39 is 0 Å². The molecule has 0 spiro atoms. The molecular formula is C17H17Cl2NOS. The molecule has 116 valence electrons. The molecule has 0 bridgehead atoms. The fourth-order valence-electron chi connectivity index (χ4n) is 2.88. The molecule has 1 atom stereocenters. The summed E-state index contributed by atoms with van der Waals surface area (Å²) in [6.07, 6.45) is 4.82. The van der Waals surface area contributed by atoms with Gasteiger partial charge < -0.3 is 5.32 Å². The molecule has 1 aromatic heterocycles. The summed E-state index contributed by atoms with van der Waals surface area (Å²) in [5, 5.41) is 3.00. The zero-order chi connectivity index (χ0) is 15.7. The Morgan fingerprint density at radius 1 is 1.18 bits per heavy atom. The SMILES string of the molecule is C[C@H](NC(=O)c1cc(Cl)sc1Cl)c1ccc2c(c1)CCCC2. The average Bonchev–Trinajstić information content (AvgIpc) is 2.85. The van der Waals surface area contributed by atoms with Gasteiger partial charge in [0.2, 0.25) is 0 Å². The van der Waals surface area contributed by atoms with Crippen molar-refractivity contribution >= 4 is 40.4 Å². The normalized spacial score (nSPS) is 15.2. The minimum atomic E-state index is -0.182. The van der Waals surface area contributed by atoms with E-state index >= 15 is 0 Å². The van der Waals surface area contributed by atoms with Crippen LogP contribution in [0.2, 0.25) is 8.67 Å². The van der Waals surface area contributed by atoms with Crippen LogP contribution >= 0.6 is 34.5 Å². The molecule has 1 aromatic carbocycles. The molecule has 0 saturated carbocycles. The molecular weight excluding hydrogens is 337 g/mol. The number of halogens is 2. The van der Waals surface area contributed by atoms with Crippen LogP contribution < -0.4 is 5.32 Å². The molecule has 22 heavy (non-hydrogen) atoms. The monoisotopic (exact) mass is 353 g/mol. The molecule has 1 aliphatic rings. The van der Waals surface area contributed by atoms with E-state index in [0.717, 1.165) is 12.0 Å². The van der Waals surface area contributed by atoms with Gasteiger partial charge in [0.25, 0.3) is 5.91 Å². The Morgan fingerprint density at radius 2 is 1.91 bits per heavy atom. The standard InChI is InChI=1S/C17H17Cl2NOS/c1-10(20-17(21)14-9-15(18)22-16(14)19)12-7-6-11-4-2-3-5-13(11)8-12/h6-10H,2-5H2,1H3,(H,20,21)/t10-/m0/s1. The van der Waals surface area contributed by atoms with Crippen LogP contribution in [0.15, 0.2) is 24.3 Å². The van der Waals surface area contributed by atoms with Gasteiger partial charge in [-0.1, -0.05) is 41.4 Å². The first kappa shape index (κ1) is 15.9. The van der Waals surface area contributed by atoms with E-state index in [4.69, 9.17) is 23.2 Å². The molecule has 0 radical (unpaired) electrons. The topological polar surface area (TPSA) is 29.1 Å². The zero-order valence-corrected chi connectivity index (χ0v) is 14.6. The Bertz CT molecular complexity index is 711. The third kappa shape index (κ3) is 3.32. The molecule has 0 aliphatic heterocycles. The number of rotatable bonds is 3. The summed E-state index contributed by atoms with van der Waals surface area (Å²) < 4.78 is 0.955. The lowest BCUT2D eigenvalue weighted by Gasteiger charge is -2.20. The molecule has 1 amide bonds. The maximum atomic E-state index is 12.3. The van der Waals surface area contributed by atoms with Gasteiger partial charge in [0.05, 0.1) is 15.9 Å². The fourth-order valence-corrected chi connectivity index (χ4v) is 4.33. The summed E-state index contributed by atoms with van der Waals surface area (Å²) in [7, 11) is 0. The summed E-state index contributed by atoms with van der Waals surface area (Å²) in [6, 6.07) is 8.08. The van der Waals surface area contributed by atoms with Crippen molar-refractivity contribution in [3.63, 3.8) is 0 Å². The van der Waals surface area contributed by atoms with Gasteiger partial charge >= 0.3 is 0 Å². The van der Waals surface area contributed by atoms with E-state index in [1.165, 1.54) is 41.7 Å². The van der Waals surface area contributed by atoms with Crippen LogP contribution in [0.3, 0.4) is 0 Å². The number of fused-ring (bicyclic) bond motifs is 1. The minimum absolute atomic E-state index is 0.0607. The Labute approximate surface area is 144 Å². The second kappa shape index (κ2) is 6.61. The number of thiophene rings is 1. The van der Waals surface area contributed by atoms with E-state index in [0.29, 0.717) is 14.2 Å². The van der Waals surface area contributed by atoms with Gasteiger partial charge in [-0.25, -0.2) is 0 Å². The zero-order valence-electron chi connectivity index (χ0n) is 12.3. The summed E-state index contributed by atoms with van der Waals surface area (Å²) in [4.78, 5) is 12.3. The summed E-state index contributed by atoms with van der Waals surface area (Å²) >= 11 is 13.1. The van der Waals surface area contributed by atoms with Crippen LogP contribution in [-0.2, 0) is 12.8 Å². The van der Waals surface area contributed by atoms with Gasteiger partial charge in [-0.2, -0.15) is 0 Å². The van der Waals surface area contributed by atoms with Crippen molar-refractivity contribution in [3.8, 4) is 0 Å². The third-order valence-corrected chi connectivity index (χ3v) is 5.61. The molecule has 0 unspecified atom stereocenters. The second-order valence-electron chi connectivity index (χ2n) is 5.67. The van der Waals surface area contributed by atoms with Crippen LogP contribution in [0.1, 0.15) is 52.9 Å². The lowest BCUT2D eigenvalue weighted by molar-refractivity contribution is 0.0940. The maximum Gasteiger partial charge on any atom is 0.254 e. The number of amides is 1. The molecule has 5 heteroatoms. The Balaban J connectivity index is 1.75. The van der Waals surface area contributed by atoms with Gasteiger partial charge in [0.1, 0.15) is 4.34 Å². The first-order chi connectivity index (χ1) is 10.5. The summed E-state index contributed by atoms with van der Waals surface area (Å²) in [6.45, 7) is 1.99. The molecule has 3 rings (SSSR count). The van der Waals surface area contributed by atoms with Gasteiger partial charge in [-0.3, -0.25) is 4.79 Å². The molecule has 1 N–H and O–H groups in total. The highest BCUT2D eigenvalue weighted by Gasteiger charge is 2.18. The van der Waals surface area contributed by atoms with Crippen LogP contribution in [0, 0.1) is 0 Å². The number of carbonyl (C=O) groups excluding carboxylic acids is 1. The van der Waals surface area contributed by atoms with Crippen molar-refractivity contribution in [3.05, 3.63) is 55.2 Å². The third-order valence-electron chi connectivity index (χ3n) is 4.12. The van der Waals surface area contributed by atoms with Gasteiger partial charge in [-0.15, -0.1) is 11.3 Å². The highest BCUT2D eigenvalue weighted by atomic mass is 35.5. The molecule has 0 saturated heterocycles. The first-order valence-electron chi connectivity index (χ1n) is 7.42. The highest BCUT2D eigenvalue weighted by molar-refractivity contribution is 7.20. The summed E-state index contributed by atoms with van der Waals surface area (Å²) in [5.74, 6) is -0.182. The average molecular weight is 354 g/mol. The van der Waals surface area contributed by atoms with Crippen LogP contribution in [0.4, 0.5) is 0 Å². The summed E-state index contributed by atoms with van der Waals surface area (Å²) in [5.41, 5.74) is 4.44. The van der Waals surface area contributed by atoms with Crippen molar-refractivity contribution in [1.82, 2.24) is 5.32 Å². The smallest absolute Gasteiger partial charge is 0.254 e.